The van der Waals surface area contributed by atoms with Crippen molar-refractivity contribution in [2.24, 2.45) is 0 Å². The van der Waals surface area contributed by atoms with E-state index < -0.39 is 17.9 Å². The second kappa shape index (κ2) is 14.9. The standard InChI is InChI=1S/C38H34N2O6/c1-4-6-25-8-20-33(39-23-25)27-10-14-29(15-11-27)36(41)45-31-18-19-32(38(43)44-3)35(22-31)46-37(42)30-16-12-28(13-17-30)34-21-9-26(7-5-2)24-40-34/h8-24H,4-7H2,1-3H3. The van der Waals surface area contributed by atoms with Gasteiger partial charge in [-0.25, -0.2) is 14.4 Å². The van der Waals surface area contributed by atoms with Crippen molar-refractivity contribution in [2.75, 3.05) is 7.11 Å². The lowest BCUT2D eigenvalue weighted by Gasteiger charge is -2.12. The van der Waals surface area contributed by atoms with Gasteiger partial charge < -0.3 is 14.2 Å². The molecule has 0 aliphatic carbocycles. The van der Waals surface area contributed by atoms with Crippen LogP contribution in [0.4, 0.5) is 0 Å². The highest BCUT2D eigenvalue weighted by molar-refractivity contribution is 5.97. The largest absolute Gasteiger partial charge is 0.465 e. The van der Waals surface area contributed by atoms with Gasteiger partial charge in [-0.05, 0) is 72.5 Å². The third kappa shape index (κ3) is 7.71. The van der Waals surface area contributed by atoms with E-state index in [0.717, 1.165) is 48.2 Å². The van der Waals surface area contributed by atoms with Crippen LogP contribution in [0.15, 0.2) is 103 Å². The van der Waals surface area contributed by atoms with Crippen molar-refractivity contribution in [3.8, 4) is 34.0 Å². The van der Waals surface area contributed by atoms with Crippen LogP contribution in [0.25, 0.3) is 22.5 Å². The fraction of sp³-hybridized carbons (Fsp3) is 0.184. The lowest BCUT2D eigenvalue weighted by atomic mass is 10.1. The highest BCUT2D eigenvalue weighted by atomic mass is 16.6. The van der Waals surface area contributed by atoms with E-state index in [1.54, 1.807) is 48.5 Å². The van der Waals surface area contributed by atoms with Gasteiger partial charge in [0.05, 0.1) is 29.6 Å². The van der Waals surface area contributed by atoms with Gasteiger partial charge in [0, 0.05) is 29.6 Å². The Labute approximate surface area is 268 Å². The molecule has 0 spiro atoms. The minimum atomic E-state index is -0.708. The second-order valence-corrected chi connectivity index (χ2v) is 10.7. The first kappa shape index (κ1) is 31.8. The maximum Gasteiger partial charge on any atom is 0.343 e. The molecule has 46 heavy (non-hydrogen) atoms. The predicted molar refractivity (Wildman–Crippen MR) is 175 cm³/mol. The summed E-state index contributed by atoms with van der Waals surface area (Å²) in [4.78, 5) is 47.5. The van der Waals surface area contributed by atoms with Gasteiger partial charge in [0.2, 0.25) is 0 Å². The summed E-state index contributed by atoms with van der Waals surface area (Å²) in [6.07, 6.45) is 7.75. The zero-order chi connectivity index (χ0) is 32.5. The fourth-order valence-corrected chi connectivity index (χ4v) is 4.87. The minimum absolute atomic E-state index is 0.00504. The van der Waals surface area contributed by atoms with Crippen LogP contribution >= 0.6 is 0 Å². The molecule has 0 radical (unpaired) electrons. The number of nitrogens with zero attached hydrogens (tertiary/aromatic N) is 2. The molecule has 0 fully saturated rings. The molecule has 0 saturated carbocycles. The molecule has 5 rings (SSSR count). The molecule has 0 bridgehead atoms. The quantitative estimate of drug-likeness (QED) is 0.109. The molecule has 0 atom stereocenters. The normalized spacial score (nSPS) is 10.7. The number of aromatic nitrogens is 2. The molecule has 2 heterocycles. The van der Waals surface area contributed by atoms with Crippen LogP contribution in [-0.2, 0) is 17.6 Å². The van der Waals surface area contributed by atoms with E-state index in [4.69, 9.17) is 14.2 Å². The number of carbonyl (C=O) groups excluding carboxylic acids is 3. The van der Waals surface area contributed by atoms with Gasteiger partial charge in [-0.2, -0.15) is 0 Å². The predicted octanol–water partition coefficient (Wildman–Crippen LogP) is 7.94. The minimum Gasteiger partial charge on any atom is -0.465 e. The summed E-state index contributed by atoms with van der Waals surface area (Å²) in [5.74, 6) is -2.04. The van der Waals surface area contributed by atoms with Gasteiger partial charge in [0.15, 0.2) is 0 Å². The highest BCUT2D eigenvalue weighted by Crippen LogP contribution is 2.28. The molecule has 0 unspecified atom stereocenters. The van der Waals surface area contributed by atoms with E-state index in [9.17, 15) is 14.4 Å². The monoisotopic (exact) mass is 614 g/mol. The average Bonchev–Trinajstić information content (AvgIpc) is 3.09. The Morgan fingerprint density at radius 2 is 1.09 bits per heavy atom. The average molecular weight is 615 g/mol. The summed E-state index contributed by atoms with van der Waals surface area (Å²) in [5.41, 5.74) is 6.23. The summed E-state index contributed by atoms with van der Waals surface area (Å²) >= 11 is 0. The Morgan fingerprint density at radius 1 is 0.587 bits per heavy atom. The van der Waals surface area contributed by atoms with Crippen LogP contribution in [-0.4, -0.2) is 35.0 Å². The molecule has 0 N–H and O–H groups in total. The number of rotatable bonds is 11. The molecule has 5 aromatic rings. The maximum absolute atomic E-state index is 13.1. The third-order valence-corrected chi connectivity index (χ3v) is 7.33. The number of pyridine rings is 2. The van der Waals surface area contributed by atoms with E-state index >= 15 is 0 Å². The first-order valence-electron chi connectivity index (χ1n) is 15.2. The van der Waals surface area contributed by atoms with E-state index in [0.29, 0.717) is 5.56 Å². The number of benzene rings is 3. The van der Waals surface area contributed by atoms with Gasteiger partial charge in [0.25, 0.3) is 0 Å². The van der Waals surface area contributed by atoms with Crippen LogP contribution < -0.4 is 9.47 Å². The number of hydrogen-bond acceptors (Lipinski definition) is 8. The molecule has 2 aromatic heterocycles. The maximum atomic E-state index is 13.1. The van der Waals surface area contributed by atoms with Gasteiger partial charge in [0.1, 0.15) is 17.1 Å². The lowest BCUT2D eigenvalue weighted by Crippen LogP contribution is -2.13. The van der Waals surface area contributed by atoms with Crippen LogP contribution in [0.1, 0.15) is 68.9 Å². The van der Waals surface area contributed by atoms with E-state index in [-0.39, 0.29) is 22.6 Å². The second-order valence-electron chi connectivity index (χ2n) is 10.7. The molecule has 232 valence electrons. The van der Waals surface area contributed by atoms with Crippen LogP contribution in [0.2, 0.25) is 0 Å². The zero-order valence-electron chi connectivity index (χ0n) is 26.0. The Bertz CT molecular complexity index is 1810. The van der Waals surface area contributed by atoms with E-state index in [2.05, 4.69) is 29.9 Å². The highest BCUT2D eigenvalue weighted by Gasteiger charge is 2.20. The molecule has 3 aromatic carbocycles. The third-order valence-electron chi connectivity index (χ3n) is 7.33. The molecule has 0 amide bonds. The molecule has 8 nitrogen and oxygen atoms in total. The summed E-state index contributed by atoms with van der Waals surface area (Å²) in [6, 6.07) is 25.9. The van der Waals surface area contributed by atoms with Crippen LogP contribution in [0.3, 0.4) is 0 Å². The van der Waals surface area contributed by atoms with Crippen molar-refractivity contribution in [3.05, 3.63) is 131 Å². The zero-order valence-corrected chi connectivity index (χ0v) is 26.0. The summed E-state index contributed by atoms with van der Waals surface area (Å²) < 4.78 is 16.0. The van der Waals surface area contributed by atoms with Crippen molar-refractivity contribution in [3.63, 3.8) is 0 Å². The van der Waals surface area contributed by atoms with Crippen molar-refractivity contribution in [1.29, 1.82) is 0 Å². The Kier molecular flexibility index (Phi) is 10.3. The number of esters is 3. The number of carbonyl (C=O) groups is 3. The van der Waals surface area contributed by atoms with Gasteiger partial charge >= 0.3 is 17.9 Å². The summed E-state index contributed by atoms with van der Waals surface area (Å²) in [5, 5.41) is 0. The number of methoxy groups -OCH3 is 1. The lowest BCUT2D eigenvalue weighted by molar-refractivity contribution is 0.0593. The Hall–Kier alpha value is -5.63. The molecule has 0 aliphatic rings. The van der Waals surface area contributed by atoms with Crippen molar-refractivity contribution < 1.29 is 28.6 Å². The van der Waals surface area contributed by atoms with Crippen molar-refractivity contribution in [2.45, 2.75) is 39.5 Å². The first-order valence-corrected chi connectivity index (χ1v) is 15.2. The summed E-state index contributed by atoms with van der Waals surface area (Å²) in [7, 11) is 1.22. The Morgan fingerprint density at radius 3 is 1.52 bits per heavy atom. The van der Waals surface area contributed by atoms with E-state index in [1.807, 2.05) is 30.6 Å². The van der Waals surface area contributed by atoms with Crippen molar-refractivity contribution >= 4 is 17.9 Å². The van der Waals surface area contributed by atoms with E-state index in [1.165, 1.54) is 36.4 Å². The van der Waals surface area contributed by atoms with Crippen LogP contribution in [0.5, 0.6) is 11.5 Å². The first-order chi connectivity index (χ1) is 22.4. The number of ether oxygens (including phenoxy) is 3. The molecular weight excluding hydrogens is 580 g/mol. The van der Waals surface area contributed by atoms with Gasteiger partial charge in [-0.3, -0.25) is 9.97 Å². The molecule has 0 aliphatic heterocycles. The molecular formula is C38H34N2O6. The fourth-order valence-electron chi connectivity index (χ4n) is 4.87. The van der Waals surface area contributed by atoms with Gasteiger partial charge in [-0.1, -0.05) is 63.1 Å². The SMILES string of the molecule is CCCc1ccc(-c2ccc(C(=O)Oc3ccc(C(=O)OC)c(OC(=O)c4ccc(-c5ccc(CCC)cn5)cc4)c3)cc2)nc1. The molecule has 8 heteroatoms. The topological polar surface area (TPSA) is 105 Å². The Balaban J connectivity index is 1.29. The number of hydrogen-bond donors (Lipinski definition) is 0. The smallest absolute Gasteiger partial charge is 0.343 e. The van der Waals surface area contributed by atoms with Crippen molar-refractivity contribution in [1.82, 2.24) is 9.97 Å². The number of aryl methyl sites for hydroxylation is 2. The van der Waals surface area contributed by atoms with Gasteiger partial charge in [-0.15, -0.1) is 0 Å². The van der Waals surface area contributed by atoms with Crippen LogP contribution in [0, 0.1) is 0 Å². The summed E-state index contributed by atoms with van der Waals surface area (Å²) in [6.45, 7) is 4.24. The molecule has 0 saturated heterocycles.